The van der Waals surface area contributed by atoms with Gasteiger partial charge in [-0.2, -0.15) is 4.40 Å². The summed E-state index contributed by atoms with van der Waals surface area (Å²) in [6.45, 7) is 0. The van der Waals surface area contributed by atoms with Gasteiger partial charge in [0.2, 0.25) is 22.6 Å². The second kappa shape index (κ2) is 9.99. The molecular weight excluding hydrogens is 588 g/mol. The monoisotopic (exact) mass is 608 g/mol. The molecule has 8 rings (SSSR count). The molecule has 0 unspecified atom stereocenters. The summed E-state index contributed by atoms with van der Waals surface area (Å²) >= 11 is 0. The first-order valence-corrected chi connectivity index (χ1v) is 14.0. The van der Waals surface area contributed by atoms with E-state index in [1.54, 1.807) is 86.7 Å². The zero-order valence-corrected chi connectivity index (χ0v) is 23.2. The maximum absolute atomic E-state index is 16.2. The molecule has 0 radical (unpaired) electrons. The smallest absolute Gasteiger partial charge is 0.207 e. The fourth-order valence-electron chi connectivity index (χ4n) is 6.56. The molecular formula is C36H20F6N3+3. The van der Waals surface area contributed by atoms with Gasteiger partial charge in [0.1, 0.15) is 40.5 Å². The molecule has 1 atom stereocenters. The van der Waals surface area contributed by atoms with E-state index in [4.69, 9.17) is 0 Å². The van der Waals surface area contributed by atoms with Gasteiger partial charge >= 0.3 is 6.17 Å². The molecule has 0 aliphatic carbocycles. The Morgan fingerprint density at radius 1 is 0.489 bits per heavy atom. The molecule has 45 heavy (non-hydrogen) atoms. The molecule has 7 aromatic rings. The van der Waals surface area contributed by atoms with Gasteiger partial charge in [-0.1, -0.05) is 0 Å². The topological polar surface area (TPSA) is 11.9 Å². The number of hydrogen-bond donors (Lipinski definition) is 0. The molecule has 0 fully saturated rings. The van der Waals surface area contributed by atoms with E-state index in [9.17, 15) is 8.78 Å². The minimum absolute atomic E-state index is 0.0192. The highest BCUT2D eigenvalue weighted by Crippen LogP contribution is 2.38. The average Bonchev–Trinajstić information content (AvgIpc) is 3.34. The summed E-state index contributed by atoms with van der Waals surface area (Å²) in [5, 5.41) is 0.346. The maximum Gasteiger partial charge on any atom is 0.381 e. The molecule has 218 valence electrons. The maximum atomic E-state index is 16.2. The molecule has 0 saturated carbocycles. The van der Waals surface area contributed by atoms with Gasteiger partial charge < -0.3 is 0 Å². The van der Waals surface area contributed by atoms with E-state index in [-0.39, 0.29) is 38.9 Å². The molecule has 0 amide bonds. The molecule has 0 N–H and O–H groups in total. The van der Waals surface area contributed by atoms with Gasteiger partial charge in [0.25, 0.3) is 0 Å². The Bertz CT molecular complexity index is 2370. The zero-order valence-electron chi connectivity index (χ0n) is 23.2. The lowest BCUT2D eigenvalue weighted by molar-refractivity contribution is -0.920. The highest BCUT2D eigenvalue weighted by molar-refractivity contribution is 5.97. The van der Waals surface area contributed by atoms with Gasteiger partial charge in [-0.15, -0.1) is 9.13 Å². The van der Waals surface area contributed by atoms with Gasteiger partial charge in [0.15, 0.2) is 18.6 Å². The highest BCUT2D eigenvalue weighted by atomic mass is 19.2. The van der Waals surface area contributed by atoms with Crippen LogP contribution in [0, 0.1) is 34.9 Å². The number of fused-ring (bicyclic) bond motifs is 6. The van der Waals surface area contributed by atoms with Crippen LogP contribution in [0.15, 0.2) is 116 Å². The van der Waals surface area contributed by atoms with E-state index in [1.165, 1.54) is 18.2 Å². The van der Waals surface area contributed by atoms with Gasteiger partial charge in [-0.25, -0.2) is 26.3 Å². The fraction of sp³-hybridized carbons (Fsp3) is 0.0278. The van der Waals surface area contributed by atoms with Crippen LogP contribution >= 0.6 is 0 Å². The number of benzene rings is 3. The second-order valence-corrected chi connectivity index (χ2v) is 10.9. The summed E-state index contributed by atoms with van der Waals surface area (Å²) in [6, 6.07) is 22.6. The lowest BCUT2D eigenvalue weighted by atomic mass is 9.96. The Morgan fingerprint density at radius 2 is 1.07 bits per heavy atom. The normalized spacial score (nSPS) is 13.8. The lowest BCUT2D eigenvalue weighted by Crippen LogP contribution is -2.57. The fourth-order valence-corrected chi connectivity index (χ4v) is 6.56. The Balaban J connectivity index is 1.45. The Hall–Kier alpha value is -5.57. The van der Waals surface area contributed by atoms with Crippen molar-refractivity contribution in [2.75, 3.05) is 0 Å². The van der Waals surface area contributed by atoms with Crippen molar-refractivity contribution in [1.29, 1.82) is 0 Å². The SMILES string of the molecule is Fc1cc(F)c(-c2cccc[n+]2[C@@H]2c3cc(F)cc(F)c3-c3cccc[n+]32)c(-c2cc3cc(F)cc(F)c3c3cccc[n+]23)c1. The molecule has 3 aromatic carbocycles. The number of aromatic nitrogens is 3. The summed E-state index contributed by atoms with van der Waals surface area (Å²) in [5.41, 5.74) is 2.00. The van der Waals surface area contributed by atoms with E-state index in [0.29, 0.717) is 16.8 Å². The number of halogens is 6. The Kier molecular flexibility index (Phi) is 5.99. The Labute approximate surface area is 252 Å². The average molecular weight is 609 g/mol. The first-order valence-electron chi connectivity index (χ1n) is 14.0. The van der Waals surface area contributed by atoms with E-state index in [1.807, 2.05) is 0 Å². The van der Waals surface area contributed by atoms with Crippen LogP contribution in [0.25, 0.3) is 50.1 Å². The van der Waals surface area contributed by atoms with Gasteiger partial charge in [-0.05, 0) is 36.4 Å². The van der Waals surface area contributed by atoms with Crippen molar-refractivity contribution in [2.45, 2.75) is 6.17 Å². The van der Waals surface area contributed by atoms with Gasteiger partial charge in [0.05, 0.1) is 22.1 Å². The summed E-state index contributed by atoms with van der Waals surface area (Å²) < 4.78 is 95.7. The van der Waals surface area contributed by atoms with Gasteiger partial charge in [-0.3, -0.25) is 0 Å². The summed E-state index contributed by atoms with van der Waals surface area (Å²) in [7, 11) is 0. The number of rotatable bonds is 3. The third-order valence-corrected chi connectivity index (χ3v) is 8.27. The first-order chi connectivity index (χ1) is 21.8. The van der Waals surface area contributed by atoms with E-state index < -0.39 is 41.1 Å². The van der Waals surface area contributed by atoms with Crippen molar-refractivity contribution in [3.63, 3.8) is 0 Å². The lowest BCUT2D eigenvalue weighted by Gasteiger charge is -2.13. The molecule has 1 aliphatic rings. The highest BCUT2D eigenvalue weighted by Gasteiger charge is 2.47. The van der Waals surface area contributed by atoms with Crippen LogP contribution in [0.3, 0.4) is 0 Å². The molecule has 5 heterocycles. The van der Waals surface area contributed by atoms with Crippen molar-refractivity contribution in [2.24, 2.45) is 0 Å². The van der Waals surface area contributed by atoms with E-state index in [2.05, 4.69) is 0 Å². The van der Waals surface area contributed by atoms with E-state index >= 15 is 17.6 Å². The molecule has 9 heteroatoms. The van der Waals surface area contributed by atoms with Crippen LogP contribution in [-0.2, 0) is 0 Å². The Morgan fingerprint density at radius 3 is 1.80 bits per heavy atom. The number of hydrogen-bond acceptors (Lipinski definition) is 0. The third kappa shape index (κ3) is 4.11. The molecule has 4 aromatic heterocycles. The van der Waals surface area contributed by atoms with Crippen LogP contribution in [0.2, 0.25) is 0 Å². The van der Waals surface area contributed by atoms with Crippen molar-refractivity contribution >= 4 is 16.3 Å². The van der Waals surface area contributed by atoms with Crippen molar-refractivity contribution in [1.82, 2.24) is 0 Å². The molecule has 3 nitrogen and oxygen atoms in total. The zero-order chi connectivity index (χ0) is 31.0. The largest absolute Gasteiger partial charge is 0.381 e. The van der Waals surface area contributed by atoms with Crippen LogP contribution in [-0.4, -0.2) is 0 Å². The van der Waals surface area contributed by atoms with Crippen LogP contribution in [0.1, 0.15) is 11.7 Å². The standard InChI is InChI=1S/C36H20F6N3/c37-21-13-20-14-32(43-10-4-1-7-29(43)33(20)26(40)17-21)24-15-22(38)18-27(41)34(24)30-8-2-5-11-44(30)36-25-16-23(39)19-28(42)35(25)31-9-3-6-12-45(31)36/h1-19,36H/q+3/t36-/m0/s1. The molecule has 1 aliphatic heterocycles. The molecule has 0 bridgehead atoms. The quantitative estimate of drug-likeness (QED) is 0.113. The van der Waals surface area contributed by atoms with Crippen molar-refractivity contribution in [3.05, 3.63) is 156 Å². The molecule has 0 spiro atoms. The number of pyridine rings is 4. The minimum Gasteiger partial charge on any atom is -0.207 e. The first kappa shape index (κ1) is 27.0. The third-order valence-electron chi connectivity index (χ3n) is 8.27. The second-order valence-electron chi connectivity index (χ2n) is 10.9. The summed E-state index contributed by atoms with van der Waals surface area (Å²) in [6.07, 6.45) is 4.17. The van der Waals surface area contributed by atoms with Gasteiger partial charge in [0, 0.05) is 66.0 Å². The predicted octanol–water partition coefficient (Wildman–Crippen LogP) is 7.40. The van der Waals surface area contributed by atoms with Crippen LogP contribution in [0.5, 0.6) is 0 Å². The van der Waals surface area contributed by atoms with E-state index in [0.717, 1.165) is 24.3 Å². The van der Waals surface area contributed by atoms with Crippen molar-refractivity contribution < 1.29 is 39.9 Å². The van der Waals surface area contributed by atoms with Crippen LogP contribution in [0.4, 0.5) is 26.3 Å². The van der Waals surface area contributed by atoms with Crippen LogP contribution < -0.4 is 13.5 Å². The summed E-state index contributed by atoms with van der Waals surface area (Å²) in [4.78, 5) is 0. The minimum atomic E-state index is -0.901. The summed E-state index contributed by atoms with van der Waals surface area (Å²) in [5.74, 6) is -4.84. The molecule has 0 saturated heterocycles. The van der Waals surface area contributed by atoms with Crippen molar-refractivity contribution in [3.8, 4) is 33.8 Å². The number of nitrogens with zero attached hydrogens (tertiary/aromatic N) is 3. The predicted molar refractivity (Wildman–Crippen MR) is 154 cm³/mol.